The Labute approximate surface area is 93.0 Å². The molecule has 0 amide bonds. The van der Waals surface area contributed by atoms with E-state index in [1.807, 2.05) is 12.1 Å². The van der Waals surface area contributed by atoms with E-state index in [2.05, 4.69) is 35.2 Å². The summed E-state index contributed by atoms with van der Waals surface area (Å²) >= 11 is 8.04. The second-order valence-electron chi connectivity index (χ2n) is 2.39. The minimum absolute atomic E-state index is 0.357. The fourth-order valence-corrected chi connectivity index (χ4v) is 3.20. The molecule has 1 heterocycles. The summed E-state index contributed by atoms with van der Waals surface area (Å²) in [6, 6.07) is 3.90. The van der Waals surface area contributed by atoms with Gasteiger partial charge < -0.3 is 5.11 Å². The Morgan fingerprint density at radius 1 is 1.42 bits per heavy atom. The molecule has 1 N–H and O–H groups in total. The Morgan fingerprint density at radius 3 is 2.83 bits per heavy atom. The van der Waals surface area contributed by atoms with Crippen molar-refractivity contribution < 1.29 is 5.11 Å². The maximum atomic E-state index is 9.49. The summed E-state index contributed by atoms with van der Waals surface area (Å²) < 4.78 is 2.13. The minimum Gasteiger partial charge on any atom is -0.506 e. The monoisotopic (exact) mass is 308 g/mol. The maximum Gasteiger partial charge on any atom is 0.135 e. The van der Waals surface area contributed by atoms with Gasteiger partial charge in [-0.1, -0.05) is 0 Å². The Bertz CT molecular complexity index is 436. The average molecular weight is 308 g/mol. The van der Waals surface area contributed by atoms with Gasteiger partial charge in [-0.3, -0.25) is 0 Å². The molecule has 0 spiro atoms. The topological polar surface area (TPSA) is 20.2 Å². The first-order valence-corrected chi connectivity index (χ1v) is 5.68. The van der Waals surface area contributed by atoms with Crippen molar-refractivity contribution >= 4 is 56.6 Å². The molecule has 4 heteroatoms. The molecule has 0 aliphatic carbocycles. The third-order valence-corrected chi connectivity index (χ3v) is 4.05. The molecular formula is C8H5IOS2. The van der Waals surface area contributed by atoms with Crippen LogP contribution in [0.15, 0.2) is 22.4 Å². The van der Waals surface area contributed by atoms with Crippen molar-refractivity contribution in [3.63, 3.8) is 0 Å². The Balaban J connectivity index is 2.98. The fourth-order valence-electron chi connectivity index (χ4n) is 1.08. The van der Waals surface area contributed by atoms with E-state index in [-0.39, 0.29) is 0 Å². The summed E-state index contributed by atoms with van der Waals surface area (Å²) in [7, 11) is 0. The van der Waals surface area contributed by atoms with E-state index in [1.165, 1.54) is 11.3 Å². The number of thiol groups is 1. The van der Waals surface area contributed by atoms with Crippen LogP contribution in [0, 0.1) is 3.57 Å². The molecular weight excluding hydrogens is 303 g/mol. The lowest BCUT2D eigenvalue weighted by Crippen LogP contribution is -1.73. The first kappa shape index (κ1) is 8.65. The first-order chi connectivity index (χ1) is 5.70. The highest BCUT2D eigenvalue weighted by atomic mass is 127. The van der Waals surface area contributed by atoms with Crippen LogP contribution in [0.3, 0.4) is 0 Å². The lowest BCUT2D eigenvalue weighted by Gasteiger charge is -1.97. The molecule has 12 heavy (non-hydrogen) atoms. The van der Waals surface area contributed by atoms with Crippen molar-refractivity contribution in [1.82, 2.24) is 0 Å². The standard InChI is InChI=1S/C8H5IOS2/c9-4-1-2-6(11)8-7(4)5(10)3-12-8/h1-3,10-11H. The molecule has 0 bridgehead atoms. The van der Waals surface area contributed by atoms with Crippen LogP contribution in [0.4, 0.5) is 0 Å². The average Bonchev–Trinajstić information content (AvgIpc) is 2.42. The van der Waals surface area contributed by atoms with Crippen LogP contribution in [-0.4, -0.2) is 5.11 Å². The molecule has 1 aromatic carbocycles. The fraction of sp³-hybridized carbons (Fsp3) is 0. The zero-order valence-corrected chi connectivity index (χ0v) is 9.78. The second kappa shape index (κ2) is 3.08. The molecule has 2 rings (SSSR count). The van der Waals surface area contributed by atoms with Gasteiger partial charge in [0.25, 0.3) is 0 Å². The summed E-state index contributed by atoms with van der Waals surface area (Å²) in [6.45, 7) is 0. The largest absolute Gasteiger partial charge is 0.506 e. The first-order valence-electron chi connectivity index (χ1n) is 3.28. The van der Waals surface area contributed by atoms with Gasteiger partial charge in [-0.05, 0) is 34.7 Å². The van der Waals surface area contributed by atoms with Gasteiger partial charge in [0.05, 0.1) is 4.70 Å². The zero-order valence-electron chi connectivity index (χ0n) is 5.91. The van der Waals surface area contributed by atoms with Crippen molar-refractivity contribution in [2.75, 3.05) is 0 Å². The molecule has 0 saturated carbocycles. The number of fused-ring (bicyclic) bond motifs is 1. The van der Waals surface area contributed by atoms with Gasteiger partial charge in [0, 0.05) is 19.2 Å². The highest BCUT2D eigenvalue weighted by Crippen LogP contribution is 2.37. The van der Waals surface area contributed by atoms with Crippen LogP contribution >= 0.6 is 46.6 Å². The third kappa shape index (κ3) is 1.22. The van der Waals surface area contributed by atoms with Gasteiger partial charge in [-0.15, -0.1) is 24.0 Å². The number of hydrogen-bond donors (Lipinski definition) is 2. The molecule has 0 fully saturated rings. The normalized spacial score (nSPS) is 10.8. The van der Waals surface area contributed by atoms with Gasteiger partial charge in [-0.25, -0.2) is 0 Å². The number of halogens is 1. The second-order valence-corrected chi connectivity index (χ2v) is 4.92. The van der Waals surface area contributed by atoms with E-state index in [0.29, 0.717) is 5.75 Å². The van der Waals surface area contributed by atoms with Crippen molar-refractivity contribution in [2.45, 2.75) is 4.90 Å². The number of hydrogen-bond acceptors (Lipinski definition) is 3. The molecule has 62 valence electrons. The zero-order chi connectivity index (χ0) is 8.72. The minimum atomic E-state index is 0.357. The Kier molecular flexibility index (Phi) is 2.22. The number of benzene rings is 1. The van der Waals surface area contributed by atoms with E-state index in [0.717, 1.165) is 18.6 Å². The highest BCUT2D eigenvalue weighted by Gasteiger charge is 2.08. The Morgan fingerprint density at radius 2 is 2.17 bits per heavy atom. The number of rotatable bonds is 0. The van der Waals surface area contributed by atoms with E-state index in [4.69, 9.17) is 0 Å². The SMILES string of the molecule is Oc1csc2c(S)ccc(I)c12. The molecule has 0 aliphatic heterocycles. The summed E-state index contributed by atoms with van der Waals surface area (Å²) in [5, 5.41) is 12.2. The van der Waals surface area contributed by atoms with Gasteiger partial charge in [0.15, 0.2) is 0 Å². The summed E-state index contributed by atoms with van der Waals surface area (Å²) in [6.07, 6.45) is 0. The van der Waals surface area contributed by atoms with Crippen LogP contribution in [0.5, 0.6) is 5.75 Å². The maximum absolute atomic E-state index is 9.49. The Hall–Kier alpha value is 0.0600. The predicted molar refractivity (Wildman–Crippen MR) is 63.5 cm³/mol. The summed E-state index contributed by atoms with van der Waals surface area (Å²) in [5.41, 5.74) is 0. The van der Waals surface area contributed by atoms with Crippen LogP contribution in [0.1, 0.15) is 0 Å². The van der Waals surface area contributed by atoms with E-state index in [9.17, 15) is 5.11 Å². The molecule has 0 saturated heterocycles. The lowest BCUT2D eigenvalue weighted by molar-refractivity contribution is 0.483. The van der Waals surface area contributed by atoms with E-state index < -0.39 is 0 Å². The molecule has 0 atom stereocenters. The number of thiophene rings is 1. The highest BCUT2D eigenvalue weighted by molar-refractivity contribution is 14.1. The molecule has 0 aliphatic rings. The van der Waals surface area contributed by atoms with Gasteiger partial charge >= 0.3 is 0 Å². The summed E-state index contributed by atoms with van der Waals surface area (Å²) in [5.74, 6) is 0.357. The van der Waals surface area contributed by atoms with Crippen molar-refractivity contribution in [3.05, 3.63) is 21.1 Å². The van der Waals surface area contributed by atoms with Crippen LogP contribution in [0.25, 0.3) is 10.1 Å². The number of aromatic hydroxyl groups is 1. The van der Waals surface area contributed by atoms with Crippen molar-refractivity contribution in [3.8, 4) is 5.75 Å². The molecule has 2 aromatic rings. The van der Waals surface area contributed by atoms with Gasteiger partial charge in [0.1, 0.15) is 5.75 Å². The molecule has 0 radical (unpaired) electrons. The lowest BCUT2D eigenvalue weighted by atomic mass is 10.2. The molecule has 0 unspecified atom stereocenters. The quantitative estimate of drug-likeness (QED) is 0.564. The van der Waals surface area contributed by atoms with Gasteiger partial charge in [0.2, 0.25) is 0 Å². The van der Waals surface area contributed by atoms with Crippen molar-refractivity contribution in [2.24, 2.45) is 0 Å². The third-order valence-electron chi connectivity index (χ3n) is 1.63. The molecule has 1 nitrogen and oxygen atoms in total. The van der Waals surface area contributed by atoms with Crippen molar-refractivity contribution in [1.29, 1.82) is 0 Å². The predicted octanol–water partition coefficient (Wildman–Crippen LogP) is 3.50. The smallest absolute Gasteiger partial charge is 0.135 e. The van der Waals surface area contributed by atoms with E-state index >= 15 is 0 Å². The van der Waals surface area contributed by atoms with Gasteiger partial charge in [-0.2, -0.15) is 0 Å². The van der Waals surface area contributed by atoms with Crippen LogP contribution in [0.2, 0.25) is 0 Å². The van der Waals surface area contributed by atoms with E-state index in [1.54, 1.807) is 5.38 Å². The van der Waals surface area contributed by atoms with Crippen LogP contribution in [-0.2, 0) is 0 Å². The molecule has 1 aromatic heterocycles. The summed E-state index contributed by atoms with van der Waals surface area (Å²) in [4.78, 5) is 0.927. The van der Waals surface area contributed by atoms with Crippen LogP contribution < -0.4 is 0 Å².